The lowest BCUT2D eigenvalue weighted by molar-refractivity contribution is 0.0992. The summed E-state index contributed by atoms with van der Waals surface area (Å²) in [4.78, 5) is 32.1. The van der Waals surface area contributed by atoms with Gasteiger partial charge >= 0.3 is 0 Å². The number of fused-ring (bicyclic) bond motifs is 1. The largest absolute Gasteiger partial charge is 0.487 e. The normalized spacial score (nSPS) is 14.1. The molecule has 2 aromatic carbocycles. The van der Waals surface area contributed by atoms with E-state index in [0.29, 0.717) is 50.3 Å². The van der Waals surface area contributed by atoms with Gasteiger partial charge in [0.15, 0.2) is 0 Å². The summed E-state index contributed by atoms with van der Waals surface area (Å²) in [6.07, 6.45) is 2.14. The van der Waals surface area contributed by atoms with E-state index in [4.69, 9.17) is 25.6 Å². The first-order chi connectivity index (χ1) is 21.6. The molecular weight excluding hydrogens is 593 g/mol. The molecule has 45 heavy (non-hydrogen) atoms. The van der Waals surface area contributed by atoms with Gasteiger partial charge in [-0.1, -0.05) is 38.1 Å². The molecule has 3 aromatic heterocycles. The zero-order valence-electron chi connectivity index (χ0n) is 25.1. The van der Waals surface area contributed by atoms with Gasteiger partial charge in [-0.2, -0.15) is 0 Å². The Balaban J connectivity index is 1.61. The number of pyridine rings is 1. The van der Waals surface area contributed by atoms with Crippen LogP contribution in [0, 0.1) is 18.7 Å². The molecule has 0 saturated heterocycles. The van der Waals surface area contributed by atoms with Gasteiger partial charge in [0, 0.05) is 23.3 Å². The number of nitrogens with zero attached hydrogens (tertiary/aromatic N) is 3. The van der Waals surface area contributed by atoms with Crippen LogP contribution >= 0.6 is 11.3 Å². The number of ether oxygens (including phenoxy) is 1. The molecule has 3 heterocycles. The fourth-order valence-electron chi connectivity index (χ4n) is 6.01. The summed E-state index contributed by atoms with van der Waals surface area (Å²) in [6, 6.07) is 15.7. The lowest BCUT2D eigenvalue weighted by Crippen LogP contribution is -2.20. The molecule has 1 atom stereocenters. The fraction of sp³-hybridized carbons (Fsp3) is 0.265. The van der Waals surface area contributed by atoms with Gasteiger partial charge in [0.25, 0.3) is 11.8 Å². The van der Waals surface area contributed by atoms with Crippen molar-refractivity contribution in [2.75, 3.05) is 0 Å². The Morgan fingerprint density at radius 3 is 2.44 bits per heavy atom. The summed E-state index contributed by atoms with van der Waals surface area (Å²) >= 11 is 1.20. The molecular formula is C34H32FN5O4S. The minimum atomic E-state index is -0.682. The summed E-state index contributed by atoms with van der Waals surface area (Å²) in [5, 5.41) is 8.33. The van der Waals surface area contributed by atoms with Crippen molar-refractivity contribution in [2.45, 2.75) is 52.6 Å². The van der Waals surface area contributed by atoms with E-state index in [0.717, 1.165) is 24.0 Å². The van der Waals surface area contributed by atoms with Gasteiger partial charge in [-0.15, -0.1) is 21.5 Å². The molecule has 0 aliphatic heterocycles. The van der Waals surface area contributed by atoms with Gasteiger partial charge in [-0.05, 0) is 72.2 Å². The third-order valence-electron chi connectivity index (χ3n) is 7.86. The average Bonchev–Trinajstić information content (AvgIpc) is 3.74. The third kappa shape index (κ3) is 5.95. The molecule has 1 aliphatic rings. The number of nitrogens with two attached hydrogens (primary N) is 2. The Morgan fingerprint density at radius 1 is 1.02 bits per heavy atom. The van der Waals surface area contributed by atoms with Crippen LogP contribution in [0.1, 0.15) is 80.2 Å². The van der Waals surface area contributed by atoms with Crippen molar-refractivity contribution >= 4 is 23.2 Å². The lowest BCUT2D eigenvalue weighted by atomic mass is 9.90. The Kier molecular flexibility index (Phi) is 8.20. The molecule has 230 valence electrons. The van der Waals surface area contributed by atoms with Gasteiger partial charge in [0.05, 0.1) is 27.4 Å². The minimum absolute atomic E-state index is 0.0434. The number of amides is 2. The molecule has 0 unspecified atom stereocenters. The van der Waals surface area contributed by atoms with Gasteiger partial charge in [0.1, 0.15) is 18.2 Å². The van der Waals surface area contributed by atoms with E-state index in [-0.39, 0.29) is 29.9 Å². The molecule has 5 aromatic rings. The van der Waals surface area contributed by atoms with Crippen LogP contribution in [-0.2, 0) is 19.4 Å². The van der Waals surface area contributed by atoms with Crippen LogP contribution in [0.4, 0.5) is 4.39 Å². The number of aromatic nitrogens is 3. The number of carbonyl (C=O) groups is 2. The highest BCUT2D eigenvalue weighted by Crippen LogP contribution is 2.47. The van der Waals surface area contributed by atoms with E-state index >= 15 is 0 Å². The molecule has 9 nitrogen and oxygen atoms in total. The van der Waals surface area contributed by atoms with Crippen LogP contribution in [0.2, 0.25) is 0 Å². The summed E-state index contributed by atoms with van der Waals surface area (Å²) in [7, 11) is 0. The summed E-state index contributed by atoms with van der Waals surface area (Å²) in [6.45, 7) is 5.63. The SMILES string of the molecule is Cc1nnc(-c2c(COc3ccc(F)cc3)nc(CC(C)C)c(C(N)=O)c2-c2cc([C@@H]3CCc4ccccc43)c(C(N)=O)s2)o1. The van der Waals surface area contributed by atoms with E-state index in [9.17, 15) is 14.0 Å². The fourth-order valence-corrected chi connectivity index (χ4v) is 7.14. The number of benzene rings is 2. The summed E-state index contributed by atoms with van der Waals surface area (Å²) in [5.74, 6) is -0.701. The highest BCUT2D eigenvalue weighted by atomic mass is 32.1. The van der Waals surface area contributed by atoms with Crippen molar-refractivity contribution < 1.29 is 23.1 Å². The topological polar surface area (TPSA) is 147 Å². The molecule has 6 rings (SSSR count). The first-order valence-electron chi connectivity index (χ1n) is 14.7. The molecule has 0 spiro atoms. The van der Waals surface area contributed by atoms with Gasteiger partial charge < -0.3 is 20.6 Å². The minimum Gasteiger partial charge on any atom is -0.487 e. The van der Waals surface area contributed by atoms with E-state index in [1.54, 1.807) is 6.92 Å². The second kappa shape index (κ2) is 12.2. The zero-order chi connectivity index (χ0) is 31.8. The molecule has 11 heteroatoms. The van der Waals surface area contributed by atoms with Crippen LogP contribution in [-0.4, -0.2) is 27.0 Å². The van der Waals surface area contributed by atoms with Crippen molar-refractivity contribution in [1.29, 1.82) is 0 Å². The van der Waals surface area contributed by atoms with Gasteiger partial charge in [0.2, 0.25) is 11.8 Å². The van der Waals surface area contributed by atoms with E-state index in [1.807, 2.05) is 32.0 Å². The number of halogens is 1. The van der Waals surface area contributed by atoms with Crippen molar-refractivity contribution in [3.63, 3.8) is 0 Å². The van der Waals surface area contributed by atoms with Crippen LogP contribution in [0.5, 0.6) is 5.75 Å². The maximum absolute atomic E-state index is 13.6. The molecule has 0 bridgehead atoms. The smallest absolute Gasteiger partial charge is 0.259 e. The van der Waals surface area contributed by atoms with Crippen molar-refractivity contribution in [2.24, 2.45) is 17.4 Å². The van der Waals surface area contributed by atoms with Crippen molar-refractivity contribution in [1.82, 2.24) is 15.2 Å². The van der Waals surface area contributed by atoms with Gasteiger partial charge in [-0.3, -0.25) is 14.6 Å². The number of hydrogen-bond acceptors (Lipinski definition) is 8. The first-order valence-corrected chi connectivity index (χ1v) is 15.5. The van der Waals surface area contributed by atoms with Gasteiger partial charge in [-0.25, -0.2) is 4.39 Å². The number of aryl methyl sites for hydroxylation is 2. The van der Waals surface area contributed by atoms with Crippen LogP contribution in [0.3, 0.4) is 0 Å². The predicted octanol–water partition coefficient (Wildman–Crippen LogP) is 6.36. The second-order valence-corrected chi connectivity index (χ2v) is 12.6. The Hall–Kier alpha value is -4.90. The number of primary amides is 2. The molecule has 0 fully saturated rings. The number of carbonyl (C=O) groups excluding carboxylic acids is 2. The van der Waals surface area contributed by atoms with Crippen LogP contribution in [0.25, 0.3) is 21.9 Å². The van der Waals surface area contributed by atoms with Crippen LogP contribution in [0.15, 0.2) is 59.0 Å². The maximum Gasteiger partial charge on any atom is 0.259 e. The van der Waals surface area contributed by atoms with E-state index in [1.165, 1.54) is 41.2 Å². The Bertz CT molecular complexity index is 1910. The highest BCUT2D eigenvalue weighted by Gasteiger charge is 2.33. The number of thiophene rings is 1. The highest BCUT2D eigenvalue weighted by molar-refractivity contribution is 7.17. The number of hydrogen-bond donors (Lipinski definition) is 2. The van der Waals surface area contributed by atoms with E-state index in [2.05, 4.69) is 22.3 Å². The average molecular weight is 626 g/mol. The standard InChI is InChI=1S/C34H32FN5O4S/c1-17(2)14-25-28(32(36)41)30(27-15-24(31(45-27)33(37)42)23-13-8-19-6-4-5-7-22(19)23)29(34-40-39-18(3)44-34)26(38-25)16-43-21-11-9-20(35)10-12-21/h4-7,9-12,15,17,23H,8,13-14,16H2,1-3H3,(H2,36,41)(H2,37,42)/t23-/m1/s1. The molecule has 4 N–H and O–H groups in total. The molecule has 1 aliphatic carbocycles. The number of rotatable bonds is 10. The zero-order valence-corrected chi connectivity index (χ0v) is 25.9. The molecule has 0 radical (unpaired) electrons. The maximum atomic E-state index is 13.6. The monoisotopic (exact) mass is 625 g/mol. The second-order valence-electron chi connectivity index (χ2n) is 11.5. The predicted molar refractivity (Wildman–Crippen MR) is 168 cm³/mol. The van der Waals surface area contributed by atoms with Crippen molar-refractivity contribution in [3.05, 3.63) is 105 Å². The molecule has 2 amide bonds. The first kappa shape index (κ1) is 30.1. The lowest BCUT2D eigenvalue weighted by Gasteiger charge is -2.19. The summed E-state index contributed by atoms with van der Waals surface area (Å²) in [5.41, 5.74) is 17.1. The van der Waals surface area contributed by atoms with Crippen LogP contribution < -0.4 is 16.2 Å². The quantitative estimate of drug-likeness (QED) is 0.184. The third-order valence-corrected chi connectivity index (χ3v) is 9.05. The van der Waals surface area contributed by atoms with Crippen molar-refractivity contribution in [3.8, 4) is 27.6 Å². The molecule has 0 saturated carbocycles. The Labute approximate surface area is 263 Å². The van der Waals surface area contributed by atoms with E-state index < -0.39 is 17.6 Å². The Morgan fingerprint density at radius 2 is 1.78 bits per heavy atom. The summed E-state index contributed by atoms with van der Waals surface area (Å²) < 4.78 is 25.6.